The maximum absolute atomic E-state index is 11.8. The predicted molar refractivity (Wildman–Crippen MR) is 70.2 cm³/mol. The summed E-state index contributed by atoms with van der Waals surface area (Å²) in [6.07, 6.45) is 2.14. The molecule has 0 saturated carbocycles. The van der Waals surface area contributed by atoms with E-state index < -0.39 is 0 Å². The summed E-state index contributed by atoms with van der Waals surface area (Å²) in [6, 6.07) is 8.81. The summed E-state index contributed by atoms with van der Waals surface area (Å²) in [5.41, 5.74) is 1.35. The molecular formula is C14H14N4O. The molecule has 5 heteroatoms. The molecule has 1 saturated heterocycles. The van der Waals surface area contributed by atoms with Gasteiger partial charge in [0.05, 0.1) is 17.7 Å². The van der Waals surface area contributed by atoms with Crippen LogP contribution in [0.25, 0.3) is 0 Å². The van der Waals surface area contributed by atoms with E-state index in [-0.39, 0.29) is 12.5 Å². The summed E-state index contributed by atoms with van der Waals surface area (Å²) >= 11 is 0. The first-order valence-electron chi connectivity index (χ1n) is 6.20. The van der Waals surface area contributed by atoms with Gasteiger partial charge < -0.3 is 10.2 Å². The minimum absolute atomic E-state index is 0.0698. The molecule has 19 heavy (non-hydrogen) atoms. The van der Waals surface area contributed by atoms with Crippen LogP contribution in [0, 0.1) is 22.7 Å². The number of benzene rings is 1. The lowest BCUT2D eigenvalue weighted by molar-refractivity contribution is -0.128. The zero-order valence-corrected chi connectivity index (χ0v) is 10.5. The van der Waals surface area contributed by atoms with Crippen molar-refractivity contribution in [2.75, 3.05) is 25.0 Å². The third-order valence-electron chi connectivity index (χ3n) is 3.16. The van der Waals surface area contributed by atoms with Gasteiger partial charge in [-0.3, -0.25) is 4.79 Å². The first-order valence-corrected chi connectivity index (χ1v) is 6.20. The fourth-order valence-corrected chi connectivity index (χ4v) is 2.10. The van der Waals surface area contributed by atoms with Crippen molar-refractivity contribution in [2.45, 2.75) is 12.8 Å². The number of nitrogens with one attached hydrogen (secondary N) is 1. The van der Waals surface area contributed by atoms with E-state index in [1.54, 1.807) is 18.2 Å². The molecule has 0 radical (unpaired) electrons. The van der Waals surface area contributed by atoms with Crippen molar-refractivity contribution in [3.63, 3.8) is 0 Å². The summed E-state index contributed by atoms with van der Waals surface area (Å²) in [7, 11) is 0. The van der Waals surface area contributed by atoms with Crippen molar-refractivity contribution in [3.8, 4) is 12.1 Å². The molecule has 1 amide bonds. The Labute approximate surface area is 112 Å². The number of hydrogen-bond donors (Lipinski definition) is 1. The van der Waals surface area contributed by atoms with Crippen LogP contribution in [-0.2, 0) is 4.79 Å². The standard InChI is InChI=1S/C14H14N4O/c15-8-11-3-4-13(7-12(11)9-16)17-10-14(19)18-5-1-2-6-18/h3-4,7,17H,1-2,5-6,10H2. The quantitative estimate of drug-likeness (QED) is 0.885. The largest absolute Gasteiger partial charge is 0.376 e. The van der Waals surface area contributed by atoms with E-state index in [1.165, 1.54) is 0 Å². The molecule has 0 aromatic heterocycles. The zero-order valence-electron chi connectivity index (χ0n) is 10.5. The normalized spacial score (nSPS) is 13.7. The summed E-state index contributed by atoms with van der Waals surface area (Å²) in [6.45, 7) is 1.88. The highest BCUT2D eigenvalue weighted by molar-refractivity contribution is 5.81. The molecule has 1 N–H and O–H groups in total. The Hall–Kier alpha value is -2.53. The summed E-state index contributed by atoms with van der Waals surface area (Å²) in [5.74, 6) is 0.0698. The molecular weight excluding hydrogens is 240 g/mol. The van der Waals surface area contributed by atoms with E-state index in [0.29, 0.717) is 16.8 Å². The predicted octanol–water partition coefficient (Wildman–Crippen LogP) is 1.46. The molecule has 0 unspecified atom stereocenters. The summed E-state index contributed by atoms with van der Waals surface area (Å²) < 4.78 is 0. The minimum atomic E-state index is 0.0698. The SMILES string of the molecule is N#Cc1ccc(NCC(=O)N2CCCC2)cc1C#N. The lowest BCUT2D eigenvalue weighted by atomic mass is 10.1. The van der Waals surface area contributed by atoms with Gasteiger partial charge in [0.1, 0.15) is 12.1 Å². The van der Waals surface area contributed by atoms with Gasteiger partial charge in [-0.1, -0.05) is 0 Å². The van der Waals surface area contributed by atoms with Crippen LogP contribution in [0.15, 0.2) is 18.2 Å². The molecule has 96 valence electrons. The average Bonchev–Trinajstić information content (AvgIpc) is 2.98. The monoisotopic (exact) mass is 254 g/mol. The number of likely N-dealkylation sites (tertiary alicyclic amines) is 1. The fraction of sp³-hybridized carbons (Fsp3) is 0.357. The highest BCUT2D eigenvalue weighted by Gasteiger charge is 2.17. The zero-order chi connectivity index (χ0) is 13.7. The van der Waals surface area contributed by atoms with Crippen LogP contribution in [0.3, 0.4) is 0 Å². The smallest absolute Gasteiger partial charge is 0.241 e. The van der Waals surface area contributed by atoms with Crippen LogP contribution in [-0.4, -0.2) is 30.4 Å². The number of nitrogens with zero attached hydrogens (tertiary/aromatic N) is 3. The van der Waals surface area contributed by atoms with Crippen LogP contribution >= 0.6 is 0 Å². The van der Waals surface area contributed by atoms with Gasteiger partial charge in [0.15, 0.2) is 0 Å². The summed E-state index contributed by atoms with van der Waals surface area (Å²) in [5, 5.41) is 20.7. The second kappa shape index (κ2) is 5.88. The average molecular weight is 254 g/mol. The van der Waals surface area contributed by atoms with Gasteiger partial charge in [0.2, 0.25) is 5.91 Å². The van der Waals surface area contributed by atoms with Crippen LogP contribution in [0.4, 0.5) is 5.69 Å². The second-order valence-corrected chi connectivity index (χ2v) is 4.43. The van der Waals surface area contributed by atoms with Crippen molar-refractivity contribution < 1.29 is 4.79 Å². The van der Waals surface area contributed by atoms with E-state index in [1.807, 2.05) is 17.0 Å². The number of carbonyl (C=O) groups excluding carboxylic acids is 1. The third-order valence-corrected chi connectivity index (χ3v) is 3.16. The van der Waals surface area contributed by atoms with Crippen LogP contribution in [0.5, 0.6) is 0 Å². The highest BCUT2D eigenvalue weighted by Crippen LogP contribution is 2.15. The lowest BCUT2D eigenvalue weighted by Gasteiger charge is -2.16. The Kier molecular flexibility index (Phi) is 4.00. The van der Waals surface area contributed by atoms with Gasteiger partial charge in [0.25, 0.3) is 0 Å². The highest BCUT2D eigenvalue weighted by atomic mass is 16.2. The maximum Gasteiger partial charge on any atom is 0.241 e. The van der Waals surface area contributed by atoms with E-state index >= 15 is 0 Å². The first kappa shape index (κ1) is 12.9. The van der Waals surface area contributed by atoms with Gasteiger partial charge in [-0.25, -0.2) is 0 Å². The van der Waals surface area contributed by atoms with Crippen molar-refractivity contribution in [3.05, 3.63) is 29.3 Å². The first-order chi connectivity index (χ1) is 9.24. The number of carbonyl (C=O) groups is 1. The van der Waals surface area contributed by atoms with Crippen LogP contribution < -0.4 is 5.32 Å². The van der Waals surface area contributed by atoms with Crippen molar-refractivity contribution >= 4 is 11.6 Å². The van der Waals surface area contributed by atoms with E-state index in [9.17, 15) is 4.79 Å². The van der Waals surface area contributed by atoms with Crippen molar-refractivity contribution in [1.29, 1.82) is 10.5 Å². The lowest BCUT2D eigenvalue weighted by Crippen LogP contribution is -2.32. The maximum atomic E-state index is 11.8. The van der Waals surface area contributed by atoms with Crippen molar-refractivity contribution in [1.82, 2.24) is 4.90 Å². The van der Waals surface area contributed by atoms with Crippen LogP contribution in [0.1, 0.15) is 24.0 Å². The number of nitriles is 2. The molecule has 0 aliphatic carbocycles. The molecule has 5 nitrogen and oxygen atoms in total. The van der Waals surface area contributed by atoms with Crippen molar-refractivity contribution in [2.24, 2.45) is 0 Å². The van der Waals surface area contributed by atoms with E-state index in [4.69, 9.17) is 10.5 Å². The summed E-state index contributed by atoms with van der Waals surface area (Å²) in [4.78, 5) is 13.7. The van der Waals surface area contributed by atoms with Gasteiger partial charge in [-0.2, -0.15) is 10.5 Å². The molecule has 2 rings (SSSR count). The Balaban J connectivity index is 1.98. The molecule has 1 aliphatic rings. The Bertz CT molecular complexity index is 562. The molecule has 0 atom stereocenters. The molecule has 1 aromatic rings. The number of rotatable bonds is 3. The molecule has 0 spiro atoms. The van der Waals surface area contributed by atoms with E-state index in [2.05, 4.69) is 5.32 Å². The molecule has 1 fully saturated rings. The fourth-order valence-electron chi connectivity index (χ4n) is 2.10. The molecule has 0 bridgehead atoms. The minimum Gasteiger partial charge on any atom is -0.376 e. The molecule has 1 aliphatic heterocycles. The van der Waals surface area contributed by atoms with Gasteiger partial charge in [-0.05, 0) is 31.0 Å². The Morgan fingerprint density at radius 2 is 1.89 bits per heavy atom. The topological polar surface area (TPSA) is 79.9 Å². The van der Waals surface area contributed by atoms with Crippen LogP contribution in [0.2, 0.25) is 0 Å². The second-order valence-electron chi connectivity index (χ2n) is 4.43. The van der Waals surface area contributed by atoms with Gasteiger partial charge in [-0.15, -0.1) is 0 Å². The Morgan fingerprint density at radius 1 is 1.21 bits per heavy atom. The van der Waals surface area contributed by atoms with E-state index in [0.717, 1.165) is 25.9 Å². The van der Waals surface area contributed by atoms with Gasteiger partial charge >= 0.3 is 0 Å². The molecule has 1 heterocycles. The number of amides is 1. The number of hydrogen-bond acceptors (Lipinski definition) is 4. The molecule has 1 aromatic carbocycles. The third kappa shape index (κ3) is 3.02. The number of anilines is 1. The van der Waals surface area contributed by atoms with Gasteiger partial charge in [0, 0.05) is 18.8 Å². The Morgan fingerprint density at radius 3 is 2.53 bits per heavy atom.